The molecule has 1 saturated heterocycles. The van der Waals surface area contributed by atoms with Crippen LogP contribution in [-0.2, 0) is 4.79 Å². The molecule has 2 unspecified atom stereocenters. The molecule has 1 amide bonds. The van der Waals surface area contributed by atoms with Crippen LogP contribution in [0.25, 0.3) is 0 Å². The van der Waals surface area contributed by atoms with E-state index < -0.39 is 6.10 Å². The number of carbonyl (C=O) groups is 1. The number of para-hydroxylation sites is 2. The SMILES string of the molecule is CCC1CCCCN1C(=O)CSc1nnc(C2COc3ccccc3O2)o1. The Morgan fingerprint density at radius 2 is 2.11 bits per heavy atom. The van der Waals surface area contributed by atoms with Gasteiger partial charge in [-0.15, -0.1) is 10.2 Å². The van der Waals surface area contributed by atoms with Gasteiger partial charge in [0.05, 0.1) is 5.75 Å². The van der Waals surface area contributed by atoms with E-state index in [2.05, 4.69) is 17.1 Å². The standard InChI is InChI=1S/C19H23N3O4S/c1-2-13-7-5-6-10-22(13)17(23)12-27-19-21-20-18(26-19)16-11-24-14-8-3-4-9-15(14)25-16/h3-4,8-9,13,16H,2,5-7,10-12H2,1H3. The zero-order valence-electron chi connectivity index (χ0n) is 15.3. The summed E-state index contributed by atoms with van der Waals surface area (Å²) in [6.45, 7) is 3.30. The van der Waals surface area contributed by atoms with Crippen molar-refractivity contribution in [3.8, 4) is 11.5 Å². The van der Waals surface area contributed by atoms with Crippen molar-refractivity contribution in [1.82, 2.24) is 15.1 Å². The van der Waals surface area contributed by atoms with Crippen molar-refractivity contribution in [2.45, 2.75) is 50.0 Å². The highest BCUT2D eigenvalue weighted by Gasteiger charge is 2.28. The predicted molar refractivity (Wildman–Crippen MR) is 100.0 cm³/mol. The van der Waals surface area contributed by atoms with Crippen molar-refractivity contribution in [2.24, 2.45) is 0 Å². The van der Waals surface area contributed by atoms with Crippen LogP contribution in [-0.4, -0.2) is 46.0 Å². The highest BCUT2D eigenvalue weighted by atomic mass is 32.2. The van der Waals surface area contributed by atoms with Crippen molar-refractivity contribution in [1.29, 1.82) is 0 Å². The number of nitrogens with zero attached hydrogens (tertiary/aromatic N) is 3. The van der Waals surface area contributed by atoms with Crippen molar-refractivity contribution < 1.29 is 18.7 Å². The Labute approximate surface area is 162 Å². The quantitative estimate of drug-likeness (QED) is 0.725. The molecule has 0 spiro atoms. The number of fused-ring (bicyclic) bond motifs is 1. The zero-order chi connectivity index (χ0) is 18.6. The van der Waals surface area contributed by atoms with Crippen molar-refractivity contribution in [3.05, 3.63) is 30.2 Å². The summed E-state index contributed by atoms with van der Waals surface area (Å²) in [5, 5.41) is 8.49. The lowest BCUT2D eigenvalue weighted by molar-refractivity contribution is -0.132. The molecule has 0 bridgehead atoms. The van der Waals surface area contributed by atoms with Gasteiger partial charge in [0.25, 0.3) is 11.1 Å². The fraction of sp³-hybridized carbons (Fsp3) is 0.526. The molecule has 3 heterocycles. The van der Waals surface area contributed by atoms with Crippen LogP contribution in [0.4, 0.5) is 0 Å². The first-order valence-electron chi connectivity index (χ1n) is 9.38. The molecule has 1 aromatic carbocycles. The van der Waals surface area contributed by atoms with Crippen LogP contribution in [0.1, 0.15) is 44.6 Å². The van der Waals surface area contributed by atoms with Crippen molar-refractivity contribution in [2.75, 3.05) is 18.9 Å². The Hall–Kier alpha value is -2.22. The molecule has 7 nitrogen and oxygen atoms in total. The second-order valence-electron chi connectivity index (χ2n) is 6.70. The van der Waals surface area contributed by atoms with Crippen molar-refractivity contribution >= 4 is 17.7 Å². The van der Waals surface area contributed by atoms with Crippen LogP contribution < -0.4 is 9.47 Å². The molecule has 27 heavy (non-hydrogen) atoms. The maximum atomic E-state index is 12.6. The largest absolute Gasteiger partial charge is 0.485 e. The Balaban J connectivity index is 1.34. The monoisotopic (exact) mass is 389 g/mol. The number of hydrogen-bond acceptors (Lipinski definition) is 7. The number of amides is 1. The summed E-state index contributed by atoms with van der Waals surface area (Å²) in [5.41, 5.74) is 0. The minimum absolute atomic E-state index is 0.137. The summed E-state index contributed by atoms with van der Waals surface area (Å²) in [7, 11) is 0. The number of rotatable bonds is 5. The molecule has 1 fully saturated rings. The predicted octanol–water partition coefficient (Wildman–Crippen LogP) is 3.47. The van der Waals surface area contributed by atoms with E-state index in [1.807, 2.05) is 29.2 Å². The summed E-state index contributed by atoms with van der Waals surface area (Å²) in [4.78, 5) is 14.6. The third-order valence-corrected chi connectivity index (χ3v) is 5.75. The third kappa shape index (κ3) is 4.05. The smallest absolute Gasteiger partial charge is 0.277 e. The maximum absolute atomic E-state index is 12.6. The van der Waals surface area contributed by atoms with Crippen LogP contribution in [0.5, 0.6) is 11.5 Å². The first-order valence-corrected chi connectivity index (χ1v) is 10.4. The lowest BCUT2D eigenvalue weighted by Crippen LogP contribution is -2.44. The van der Waals surface area contributed by atoms with E-state index in [0.717, 1.165) is 25.8 Å². The van der Waals surface area contributed by atoms with Gasteiger partial charge in [0.15, 0.2) is 11.5 Å². The van der Waals surface area contributed by atoms with Gasteiger partial charge >= 0.3 is 0 Å². The molecule has 0 aliphatic carbocycles. The summed E-state index contributed by atoms with van der Waals surface area (Å²) >= 11 is 1.28. The molecule has 0 saturated carbocycles. The normalized spacial score (nSPS) is 21.9. The Morgan fingerprint density at radius 1 is 1.26 bits per heavy atom. The minimum Gasteiger partial charge on any atom is -0.485 e. The first-order chi connectivity index (χ1) is 13.2. The van der Waals surface area contributed by atoms with Gasteiger partial charge in [-0.1, -0.05) is 30.8 Å². The molecule has 2 atom stereocenters. The third-order valence-electron chi connectivity index (χ3n) is 4.94. The number of ether oxygens (including phenoxy) is 2. The zero-order valence-corrected chi connectivity index (χ0v) is 16.1. The van der Waals surface area contributed by atoms with Crippen LogP contribution in [0.2, 0.25) is 0 Å². The molecule has 8 heteroatoms. The summed E-state index contributed by atoms with van der Waals surface area (Å²) < 4.78 is 17.3. The lowest BCUT2D eigenvalue weighted by atomic mass is 10.0. The first kappa shape index (κ1) is 18.2. The lowest BCUT2D eigenvalue weighted by Gasteiger charge is -2.35. The average molecular weight is 389 g/mol. The van der Waals surface area contributed by atoms with E-state index in [9.17, 15) is 4.79 Å². The number of likely N-dealkylation sites (tertiary alicyclic amines) is 1. The molecule has 2 aliphatic heterocycles. The van der Waals surface area contributed by atoms with E-state index >= 15 is 0 Å². The van der Waals surface area contributed by atoms with Crippen LogP contribution in [0.15, 0.2) is 33.9 Å². The molecular weight excluding hydrogens is 366 g/mol. The van der Waals surface area contributed by atoms with E-state index in [1.54, 1.807) is 0 Å². The van der Waals surface area contributed by atoms with Gasteiger partial charge in [0.2, 0.25) is 12.0 Å². The molecule has 1 aromatic heterocycles. The van der Waals surface area contributed by atoms with Gasteiger partial charge in [0, 0.05) is 12.6 Å². The van der Waals surface area contributed by atoms with Crippen molar-refractivity contribution in [3.63, 3.8) is 0 Å². The summed E-state index contributed by atoms with van der Waals surface area (Å²) in [5.74, 6) is 2.18. The molecule has 0 N–H and O–H groups in total. The van der Waals surface area contributed by atoms with E-state index in [-0.39, 0.29) is 5.91 Å². The Morgan fingerprint density at radius 3 is 2.96 bits per heavy atom. The maximum Gasteiger partial charge on any atom is 0.277 e. The van der Waals surface area contributed by atoms with Gasteiger partial charge < -0.3 is 18.8 Å². The van der Waals surface area contributed by atoms with E-state index in [4.69, 9.17) is 13.9 Å². The molecule has 144 valence electrons. The Bertz CT molecular complexity index is 797. The van der Waals surface area contributed by atoms with Gasteiger partial charge in [0.1, 0.15) is 6.61 Å². The molecule has 2 aromatic rings. The van der Waals surface area contributed by atoms with Crippen LogP contribution >= 0.6 is 11.8 Å². The van der Waals surface area contributed by atoms with Gasteiger partial charge in [-0.2, -0.15) is 0 Å². The number of hydrogen-bond donors (Lipinski definition) is 0. The topological polar surface area (TPSA) is 77.7 Å². The highest BCUT2D eigenvalue weighted by Crippen LogP contribution is 2.36. The number of benzene rings is 1. The number of aromatic nitrogens is 2. The average Bonchev–Trinajstić information content (AvgIpc) is 3.20. The molecule has 0 radical (unpaired) electrons. The molecule has 4 rings (SSSR count). The molecular formula is C19H23N3O4S. The fourth-order valence-electron chi connectivity index (χ4n) is 3.51. The van der Waals surface area contributed by atoms with Crippen LogP contribution in [0, 0.1) is 0 Å². The number of carbonyl (C=O) groups excluding carboxylic acids is 1. The minimum atomic E-state index is -0.441. The number of thioether (sulfide) groups is 1. The van der Waals surface area contributed by atoms with E-state index in [0.29, 0.717) is 41.0 Å². The second-order valence-corrected chi connectivity index (χ2v) is 7.63. The highest BCUT2D eigenvalue weighted by molar-refractivity contribution is 7.99. The fourth-order valence-corrected chi connectivity index (χ4v) is 4.17. The van der Waals surface area contributed by atoms with Gasteiger partial charge in [-0.25, -0.2) is 0 Å². The second kappa shape index (κ2) is 8.21. The van der Waals surface area contributed by atoms with Crippen LogP contribution in [0.3, 0.4) is 0 Å². The summed E-state index contributed by atoms with van der Waals surface area (Å²) in [6.07, 6.45) is 3.94. The van der Waals surface area contributed by atoms with Gasteiger partial charge in [-0.3, -0.25) is 4.79 Å². The van der Waals surface area contributed by atoms with Gasteiger partial charge in [-0.05, 0) is 37.8 Å². The van der Waals surface area contributed by atoms with E-state index in [1.165, 1.54) is 18.2 Å². The Kier molecular flexibility index (Phi) is 5.52. The number of piperidine rings is 1. The molecule has 2 aliphatic rings. The summed E-state index contributed by atoms with van der Waals surface area (Å²) in [6, 6.07) is 7.84.